The van der Waals surface area contributed by atoms with Gasteiger partial charge in [0.15, 0.2) is 11.5 Å². The quantitative estimate of drug-likeness (QED) is 0.385. The lowest BCUT2D eigenvalue weighted by Gasteiger charge is -2.25. The maximum atomic E-state index is 13.1. The molecule has 160 valence electrons. The first kappa shape index (κ1) is 19.6. The molecule has 1 atom stereocenters. The molecule has 8 nitrogen and oxygen atoms in total. The predicted octanol–water partition coefficient (Wildman–Crippen LogP) is 3.45. The fourth-order valence-corrected chi connectivity index (χ4v) is 3.90. The first-order valence-corrected chi connectivity index (χ1v) is 9.83. The van der Waals surface area contributed by atoms with Crippen LogP contribution in [-0.2, 0) is 9.59 Å². The summed E-state index contributed by atoms with van der Waals surface area (Å²) in [4.78, 5) is 31.7. The Morgan fingerprint density at radius 2 is 1.75 bits per heavy atom. The van der Waals surface area contributed by atoms with Crippen molar-refractivity contribution in [3.05, 3.63) is 83.7 Å². The molecule has 8 heteroatoms. The number of Topliss-reactive ketones (excluding diaryl/α,β-unsaturated/α-hetero) is 1. The molecule has 0 spiro atoms. The lowest BCUT2D eigenvalue weighted by atomic mass is 9.95. The van der Waals surface area contributed by atoms with Crippen LogP contribution in [0.4, 0.5) is 5.69 Å². The van der Waals surface area contributed by atoms with E-state index in [1.807, 2.05) is 0 Å². The molecule has 1 unspecified atom stereocenters. The number of carbonyl (C=O) groups is 2. The highest BCUT2D eigenvalue weighted by atomic mass is 16.7. The first-order chi connectivity index (χ1) is 15.6. The highest BCUT2D eigenvalue weighted by molar-refractivity contribution is 6.51. The molecule has 1 fully saturated rings. The Morgan fingerprint density at radius 1 is 1.03 bits per heavy atom. The van der Waals surface area contributed by atoms with Gasteiger partial charge in [0.2, 0.25) is 6.79 Å². The van der Waals surface area contributed by atoms with Crippen molar-refractivity contribution in [3.8, 4) is 17.2 Å². The van der Waals surface area contributed by atoms with Crippen LogP contribution in [0.15, 0.2) is 72.6 Å². The summed E-state index contributed by atoms with van der Waals surface area (Å²) >= 11 is 0. The van der Waals surface area contributed by atoms with E-state index in [-0.39, 0.29) is 18.1 Å². The lowest BCUT2D eigenvalue weighted by molar-refractivity contribution is -0.132. The number of benzene rings is 2. The molecular formula is C24H18N2O6. The monoisotopic (exact) mass is 430 g/mol. The number of rotatable bonds is 4. The number of hydrogen-bond acceptors (Lipinski definition) is 7. The highest BCUT2D eigenvalue weighted by Crippen LogP contribution is 2.43. The van der Waals surface area contributed by atoms with Gasteiger partial charge in [0.25, 0.3) is 11.7 Å². The van der Waals surface area contributed by atoms with Gasteiger partial charge in [0, 0.05) is 23.6 Å². The zero-order chi connectivity index (χ0) is 22.2. The third-order valence-corrected chi connectivity index (χ3v) is 5.46. The number of ether oxygens (including phenoxy) is 3. The van der Waals surface area contributed by atoms with Gasteiger partial charge < -0.3 is 19.3 Å². The van der Waals surface area contributed by atoms with Gasteiger partial charge in [0.05, 0.1) is 18.7 Å². The summed E-state index contributed by atoms with van der Waals surface area (Å²) in [7, 11) is 1.55. The third kappa shape index (κ3) is 3.13. The van der Waals surface area contributed by atoms with Gasteiger partial charge in [-0.2, -0.15) is 0 Å². The molecule has 0 bridgehead atoms. The summed E-state index contributed by atoms with van der Waals surface area (Å²) in [6, 6.07) is 14.2. The number of nitrogens with zero attached hydrogens (tertiary/aromatic N) is 2. The number of hydrogen-bond donors (Lipinski definition) is 1. The van der Waals surface area contributed by atoms with Crippen molar-refractivity contribution in [2.75, 3.05) is 18.8 Å². The Kier molecular flexibility index (Phi) is 4.74. The number of methoxy groups -OCH3 is 1. The van der Waals surface area contributed by atoms with Crippen molar-refractivity contribution in [2.45, 2.75) is 6.04 Å². The van der Waals surface area contributed by atoms with Crippen molar-refractivity contribution in [1.29, 1.82) is 0 Å². The van der Waals surface area contributed by atoms with Crippen molar-refractivity contribution in [3.63, 3.8) is 0 Å². The molecule has 0 aliphatic carbocycles. The average Bonchev–Trinajstić information content (AvgIpc) is 3.41. The Morgan fingerprint density at radius 3 is 2.47 bits per heavy atom. The van der Waals surface area contributed by atoms with Crippen LogP contribution >= 0.6 is 0 Å². The summed E-state index contributed by atoms with van der Waals surface area (Å²) in [6.07, 6.45) is 3.15. The second-order valence-corrected chi connectivity index (χ2v) is 7.22. The number of pyridine rings is 1. The summed E-state index contributed by atoms with van der Waals surface area (Å²) in [5, 5.41) is 11.2. The second-order valence-electron chi connectivity index (χ2n) is 7.22. The smallest absolute Gasteiger partial charge is 0.300 e. The molecule has 3 heterocycles. The Bertz CT molecular complexity index is 1240. The molecule has 1 amide bonds. The molecule has 2 aliphatic rings. The van der Waals surface area contributed by atoms with Crippen LogP contribution in [0.3, 0.4) is 0 Å². The molecule has 1 N–H and O–H groups in total. The number of carbonyl (C=O) groups excluding carboxylic acids is 2. The van der Waals surface area contributed by atoms with Crippen molar-refractivity contribution < 1.29 is 28.9 Å². The van der Waals surface area contributed by atoms with Crippen LogP contribution in [0.5, 0.6) is 17.2 Å². The molecule has 0 radical (unpaired) electrons. The topological polar surface area (TPSA) is 98.2 Å². The Labute approximate surface area is 183 Å². The summed E-state index contributed by atoms with van der Waals surface area (Å²) in [5.41, 5.74) is 1.47. The SMILES string of the molecule is COc1ccc(N2C(=O)C(=O)/C(=C(\O)c3ccc4c(c3)OCO4)C2c2ccncc2)cc1. The van der Waals surface area contributed by atoms with Crippen molar-refractivity contribution in [1.82, 2.24) is 4.98 Å². The van der Waals surface area contributed by atoms with Crippen LogP contribution in [0.25, 0.3) is 5.76 Å². The van der Waals surface area contributed by atoms with E-state index in [0.29, 0.717) is 34.1 Å². The summed E-state index contributed by atoms with van der Waals surface area (Å²) in [6.45, 7) is 0.0818. The van der Waals surface area contributed by atoms with Gasteiger partial charge >= 0.3 is 0 Å². The van der Waals surface area contributed by atoms with E-state index in [1.165, 1.54) is 4.90 Å². The van der Waals surface area contributed by atoms with E-state index in [4.69, 9.17) is 14.2 Å². The van der Waals surface area contributed by atoms with Gasteiger partial charge in [-0.25, -0.2) is 0 Å². The zero-order valence-electron chi connectivity index (χ0n) is 17.0. The van der Waals surface area contributed by atoms with E-state index in [0.717, 1.165) is 0 Å². The van der Waals surface area contributed by atoms with Crippen LogP contribution < -0.4 is 19.1 Å². The fourth-order valence-electron chi connectivity index (χ4n) is 3.90. The average molecular weight is 430 g/mol. The molecule has 1 saturated heterocycles. The van der Waals surface area contributed by atoms with E-state index < -0.39 is 17.7 Å². The lowest BCUT2D eigenvalue weighted by Crippen LogP contribution is -2.29. The summed E-state index contributed by atoms with van der Waals surface area (Å²) in [5.74, 6) is -0.187. The zero-order valence-corrected chi connectivity index (χ0v) is 17.0. The van der Waals surface area contributed by atoms with Crippen molar-refractivity contribution in [2.24, 2.45) is 0 Å². The van der Waals surface area contributed by atoms with Gasteiger partial charge in [-0.05, 0) is 60.2 Å². The van der Waals surface area contributed by atoms with E-state index in [9.17, 15) is 14.7 Å². The van der Waals surface area contributed by atoms with Crippen LogP contribution in [0.1, 0.15) is 17.2 Å². The minimum Gasteiger partial charge on any atom is -0.507 e. The normalized spacial score (nSPS) is 18.8. The standard InChI is InChI=1S/C24H18N2O6/c1-30-17-5-3-16(4-6-17)26-21(14-8-10-25-11-9-14)20(23(28)24(26)29)22(27)15-2-7-18-19(12-15)32-13-31-18/h2-12,21,27H,13H2,1H3/b22-20-. The highest BCUT2D eigenvalue weighted by Gasteiger charge is 2.47. The fraction of sp³-hybridized carbons (Fsp3) is 0.125. The van der Waals surface area contributed by atoms with Crippen LogP contribution in [-0.4, -0.2) is 35.7 Å². The number of aliphatic hydroxyl groups is 1. The maximum absolute atomic E-state index is 13.1. The predicted molar refractivity (Wildman–Crippen MR) is 115 cm³/mol. The minimum atomic E-state index is -0.836. The molecule has 3 aromatic rings. The molecule has 1 aromatic heterocycles. The van der Waals surface area contributed by atoms with Gasteiger partial charge in [-0.3, -0.25) is 19.5 Å². The van der Waals surface area contributed by atoms with Gasteiger partial charge in [-0.15, -0.1) is 0 Å². The minimum absolute atomic E-state index is 0.0177. The number of aliphatic hydroxyl groups excluding tert-OH is 1. The molecular weight excluding hydrogens is 412 g/mol. The number of amides is 1. The molecule has 5 rings (SSSR count). The third-order valence-electron chi connectivity index (χ3n) is 5.46. The maximum Gasteiger partial charge on any atom is 0.300 e. The van der Waals surface area contributed by atoms with Crippen LogP contribution in [0.2, 0.25) is 0 Å². The van der Waals surface area contributed by atoms with Crippen molar-refractivity contribution >= 4 is 23.1 Å². The van der Waals surface area contributed by atoms with Gasteiger partial charge in [0.1, 0.15) is 11.5 Å². The Hall–Kier alpha value is -4.33. The van der Waals surface area contributed by atoms with E-state index in [2.05, 4.69) is 4.98 Å². The number of anilines is 1. The largest absolute Gasteiger partial charge is 0.507 e. The molecule has 32 heavy (non-hydrogen) atoms. The Balaban J connectivity index is 1.67. The molecule has 2 aromatic carbocycles. The van der Waals surface area contributed by atoms with E-state index in [1.54, 1.807) is 74.1 Å². The van der Waals surface area contributed by atoms with E-state index >= 15 is 0 Å². The number of aromatic nitrogens is 1. The summed E-state index contributed by atoms with van der Waals surface area (Å²) < 4.78 is 15.9. The molecule has 0 saturated carbocycles. The second kappa shape index (κ2) is 7.73. The number of ketones is 1. The molecule has 2 aliphatic heterocycles. The number of fused-ring (bicyclic) bond motifs is 1. The van der Waals surface area contributed by atoms with Crippen LogP contribution in [0, 0.1) is 0 Å². The van der Waals surface area contributed by atoms with Gasteiger partial charge in [-0.1, -0.05) is 0 Å². The first-order valence-electron chi connectivity index (χ1n) is 9.83.